The summed E-state index contributed by atoms with van der Waals surface area (Å²) in [6, 6.07) is 7.64. The first-order valence-electron chi connectivity index (χ1n) is 4.97. The summed E-state index contributed by atoms with van der Waals surface area (Å²) in [5.41, 5.74) is 0. The Labute approximate surface area is 91.5 Å². The fraction of sp³-hybridized carbons (Fsp3) is 0.250. The van der Waals surface area contributed by atoms with Gasteiger partial charge in [-0.15, -0.1) is 11.3 Å². The highest BCUT2D eigenvalue weighted by molar-refractivity contribution is 7.10. The molecule has 0 radical (unpaired) electrons. The molecule has 1 aliphatic rings. The molecular formula is C12H10O2S. The van der Waals surface area contributed by atoms with Gasteiger partial charge in [-0.05, 0) is 30.0 Å². The molecule has 2 unspecified atom stereocenters. The Bertz CT molecular complexity index is 456. The highest BCUT2D eigenvalue weighted by Crippen LogP contribution is 2.50. The molecule has 2 aromatic rings. The second-order valence-electron chi connectivity index (χ2n) is 3.81. The number of hydrogen-bond acceptors (Lipinski definition) is 3. The van der Waals surface area contributed by atoms with Crippen LogP contribution in [0, 0.1) is 5.92 Å². The quantitative estimate of drug-likeness (QED) is 0.740. The molecular weight excluding hydrogens is 208 g/mol. The van der Waals surface area contributed by atoms with Gasteiger partial charge in [0.15, 0.2) is 5.76 Å². The van der Waals surface area contributed by atoms with Crippen molar-refractivity contribution < 1.29 is 9.21 Å². The lowest BCUT2D eigenvalue weighted by Gasteiger charge is -1.94. The Morgan fingerprint density at radius 2 is 2.33 bits per heavy atom. The van der Waals surface area contributed by atoms with Gasteiger partial charge in [0, 0.05) is 16.7 Å². The van der Waals surface area contributed by atoms with Crippen LogP contribution in [0.3, 0.4) is 0 Å². The second-order valence-corrected chi connectivity index (χ2v) is 4.78. The van der Waals surface area contributed by atoms with Gasteiger partial charge in [-0.25, -0.2) is 0 Å². The van der Waals surface area contributed by atoms with Crippen LogP contribution in [0.15, 0.2) is 40.3 Å². The third-order valence-electron chi connectivity index (χ3n) is 2.80. The lowest BCUT2D eigenvalue weighted by atomic mass is 10.1. The fourth-order valence-corrected chi connectivity index (χ4v) is 2.81. The molecule has 3 heteroatoms. The maximum absolute atomic E-state index is 11.9. The van der Waals surface area contributed by atoms with Crippen molar-refractivity contribution in [3.05, 3.63) is 46.5 Å². The number of hydrogen-bond donors (Lipinski definition) is 0. The van der Waals surface area contributed by atoms with E-state index in [2.05, 4.69) is 11.4 Å². The van der Waals surface area contributed by atoms with E-state index in [1.807, 2.05) is 6.07 Å². The van der Waals surface area contributed by atoms with Crippen LogP contribution in [-0.4, -0.2) is 5.78 Å². The van der Waals surface area contributed by atoms with Crippen molar-refractivity contribution in [1.82, 2.24) is 0 Å². The monoisotopic (exact) mass is 218 g/mol. The summed E-state index contributed by atoms with van der Waals surface area (Å²) in [4.78, 5) is 13.2. The maximum Gasteiger partial charge on any atom is 0.201 e. The zero-order valence-electron chi connectivity index (χ0n) is 8.05. The van der Waals surface area contributed by atoms with E-state index in [1.54, 1.807) is 29.7 Å². The van der Waals surface area contributed by atoms with Gasteiger partial charge >= 0.3 is 0 Å². The molecule has 3 rings (SSSR count). The molecule has 0 amide bonds. The molecule has 2 atom stereocenters. The van der Waals surface area contributed by atoms with Crippen molar-refractivity contribution in [2.24, 2.45) is 5.92 Å². The normalized spacial score (nSPS) is 24.0. The summed E-state index contributed by atoms with van der Waals surface area (Å²) in [5.74, 6) is 1.23. The molecule has 0 N–H and O–H groups in total. The van der Waals surface area contributed by atoms with Gasteiger partial charge in [0.2, 0.25) is 5.78 Å². The zero-order chi connectivity index (χ0) is 10.3. The van der Waals surface area contributed by atoms with Crippen molar-refractivity contribution >= 4 is 17.1 Å². The first-order chi connectivity index (χ1) is 7.36. The third kappa shape index (κ3) is 1.53. The largest absolute Gasteiger partial charge is 0.461 e. The molecule has 1 aliphatic carbocycles. The predicted molar refractivity (Wildman–Crippen MR) is 58.2 cm³/mol. The Kier molecular flexibility index (Phi) is 1.99. The SMILES string of the molecule is O=C(c1ccco1)C1CC1c1cccs1. The average molecular weight is 218 g/mol. The van der Waals surface area contributed by atoms with E-state index in [-0.39, 0.29) is 11.7 Å². The minimum absolute atomic E-state index is 0.148. The van der Waals surface area contributed by atoms with Gasteiger partial charge in [-0.2, -0.15) is 0 Å². The molecule has 0 aliphatic heterocycles. The molecule has 1 saturated carbocycles. The minimum Gasteiger partial charge on any atom is -0.461 e. The fourth-order valence-electron chi connectivity index (χ4n) is 1.90. The molecule has 15 heavy (non-hydrogen) atoms. The van der Waals surface area contributed by atoms with Gasteiger partial charge in [0.1, 0.15) is 0 Å². The molecule has 0 bridgehead atoms. The number of Topliss-reactive ketones (excluding diaryl/α,β-unsaturated/α-hetero) is 1. The van der Waals surface area contributed by atoms with Crippen molar-refractivity contribution in [2.75, 3.05) is 0 Å². The van der Waals surface area contributed by atoms with Crippen LogP contribution in [0.4, 0.5) is 0 Å². The van der Waals surface area contributed by atoms with E-state index in [4.69, 9.17) is 4.42 Å². The Morgan fingerprint density at radius 1 is 1.40 bits per heavy atom. The molecule has 2 aromatic heterocycles. The highest BCUT2D eigenvalue weighted by atomic mass is 32.1. The zero-order valence-corrected chi connectivity index (χ0v) is 8.87. The van der Waals surface area contributed by atoms with Crippen LogP contribution in [0.2, 0.25) is 0 Å². The van der Waals surface area contributed by atoms with Gasteiger partial charge in [-0.1, -0.05) is 6.07 Å². The Morgan fingerprint density at radius 3 is 3.00 bits per heavy atom. The predicted octanol–water partition coefficient (Wildman–Crippen LogP) is 3.33. The summed E-state index contributed by atoms with van der Waals surface area (Å²) in [6.07, 6.45) is 2.52. The summed E-state index contributed by atoms with van der Waals surface area (Å²) in [5, 5.41) is 2.06. The molecule has 1 fully saturated rings. The van der Waals surface area contributed by atoms with Crippen molar-refractivity contribution in [1.29, 1.82) is 0 Å². The van der Waals surface area contributed by atoms with Gasteiger partial charge in [0.05, 0.1) is 6.26 Å². The number of carbonyl (C=O) groups is 1. The van der Waals surface area contributed by atoms with Crippen LogP contribution < -0.4 is 0 Å². The van der Waals surface area contributed by atoms with E-state index >= 15 is 0 Å². The van der Waals surface area contributed by atoms with E-state index in [0.29, 0.717) is 11.7 Å². The lowest BCUT2D eigenvalue weighted by molar-refractivity contribution is 0.0938. The highest BCUT2D eigenvalue weighted by Gasteiger charge is 2.45. The number of rotatable bonds is 3. The van der Waals surface area contributed by atoms with Crippen molar-refractivity contribution in [3.8, 4) is 0 Å². The molecule has 0 spiro atoms. The smallest absolute Gasteiger partial charge is 0.201 e. The van der Waals surface area contributed by atoms with E-state index in [0.717, 1.165) is 6.42 Å². The summed E-state index contributed by atoms with van der Waals surface area (Å²) < 4.78 is 5.12. The third-order valence-corrected chi connectivity index (χ3v) is 3.80. The first-order valence-corrected chi connectivity index (χ1v) is 5.85. The van der Waals surface area contributed by atoms with Crippen LogP contribution in [0.25, 0.3) is 0 Å². The Hall–Kier alpha value is -1.35. The summed E-state index contributed by atoms with van der Waals surface area (Å²) in [6.45, 7) is 0. The average Bonchev–Trinajstić information content (AvgIpc) is 2.78. The summed E-state index contributed by atoms with van der Waals surface area (Å²) in [7, 11) is 0. The standard InChI is InChI=1S/C12H10O2S/c13-12(10-3-1-5-14-10)9-7-8(9)11-4-2-6-15-11/h1-6,8-9H,7H2. The van der Waals surface area contributed by atoms with Crippen molar-refractivity contribution in [2.45, 2.75) is 12.3 Å². The number of furan rings is 1. The van der Waals surface area contributed by atoms with Crippen LogP contribution in [0.1, 0.15) is 27.8 Å². The molecule has 2 heterocycles. The molecule has 2 nitrogen and oxygen atoms in total. The van der Waals surface area contributed by atoms with Gasteiger partial charge < -0.3 is 4.42 Å². The lowest BCUT2D eigenvalue weighted by Crippen LogP contribution is -2.00. The van der Waals surface area contributed by atoms with Crippen LogP contribution >= 0.6 is 11.3 Å². The van der Waals surface area contributed by atoms with Crippen molar-refractivity contribution in [3.63, 3.8) is 0 Å². The summed E-state index contributed by atoms with van der Waals surface area (Å²) >= 11 is 1.73. The number of ketones is 1. The molecule has 76 valence electrons. The van der Waals surface area contributed by atoms with Gasteiger partial charge in [-0.3, -0.25) is 4.79 Å². The minimum atomic E-state index is 0.148. The second kappa shape index (κ2) is 3.35. The van der Waals surface area contributed by atoms with E-state index < -0.39 is 0 Å². The number of thiophene rings is 1. The first kappa shape index (κ1) is 8.92. The maximum atomic E-state index is 11.9. The van der Waals surface area contributed by atoms with E-state index in [9.17, 15) is 4.79 Å². The van der Waals surface area contributed by atoms with E-state index in [1.165, 1.54) is 4.88 Å². The topological polar surface area (TPSA) is 30.2 Å². The molecule has 0 aromatic carbocycles. The molecule has 0 saturated heterocycles. The van der Waals surface area contributed by atoms with Gasteiger partial charge in [0.25, 0.3) is 0 Å². The van der Waals surface area contributed by atoms with Crippen LogP contribution in [0.5, 0.6) is 0 Å². The number of carbonyl (C=O) groups excluding carboxylic acids is 1. The Balaban J connectivity index is 1.75. The van der Waals surface area contributed by atoms with Crippen LogP contribution in [-0.2, 0) is 0 Å².